The van der Waals surface area contributed by atoms with Gasteiger partial charge in [-0.3, -0.25) is 4.79 Å². The molecular formula is C15H22N6O2Si. The van der Waals surface area contributed by atoms with Gasteiger partial charge in [-0.1, -0.05) is 19.6 Å². The molecule has 0 amide bonds. The van der Waals surface area contributed by atoms with E-state index in [9.17, 15) is 4.79 Å². The van der Waals surface area contributed by atoms with Gasteiger partial charge in [-0.2, -0.15) is 5.10 Å². The molecule has 0 radical (unpaired) electrons. The fourth-order valence-electron chi connectivity index (χ4n) is 2.32. The van der Waals surface area contributed by atoms with E-state index in [1.807, 2.05) is 13.1 Å². The van der Waals surface area contributed by atoms with Crippen LogP contribution in [0.25, 0.3) is 22.6 Å². The topological polar surface area (TPSA) is 101 Å². The molecule has 128 valence electrons. The number of aryl methyl sites for hydroxylation is 1. The highest BCUT2D eigenvalue weighted by molar-refractivity contribution is 6.76. The molecule has 0 saturated carbocycles. The number of H-pyrrole nitrogens is 2. The number of hydrogen-bond donors (Lipinski definition) is 2. The number of hydrogen-bond acceptors (Lipinski definition) is 5. The van der Waals surface area contributed by atoms with Gasteiger partial charge in [0.05, 0.1) is 17.6 Å². The molecule has 0 aliphatic rings. The first-order valence-electron chi connectivity index (χ1n) is 7.89. The lowest BCUT2D eigenvalue weighted by atomic mass is 10.2. The van der Waals surface area contributed by atoms with Gasteiger partial charge in [-0.25, -0.2) is 14.6 Å². The zero-order valence-electron chi connectivity index (χ0n) is 14.4. The molecule has 0 aliphatic carbocycles. The molecule has 3 aromatic rings. The SMILES string of the molecule is Cc1nn(COCC[Si](C)(C)C)cc1-c1nc2nc[nH]c2c(=O)[nH]1. The van der Waals surface area contributed by atoms with Gasteiger partial charge >= 0.3 is 0 Å². The molecule has 0 spiro atoms. The average molecular weight is 346 g/mol. The number of ether oxygens (including phenoxy) is 1. The zero-order valence-corrected chi connectivity index (χ0v) is 15.4. The summed E-state index contributed by atoms with van der Waals surface area (Å²) in [6.45, 7) is 9.96. The Kier molecular flexibility index (Phi) is 4.37. The van der Waals surface area contributed by atoms with Gasteiger partial charge in [0.15, 0.2) is 11.2 Å². The molecule has 0 atom stereocenters. The molecule has 8 nitrogen and oxygen atoms in total. The molecule has 0 aliphatic heterocycles. The van der Waals surface area contributed by atoms with E-state index in [1.165, 1.54) is 6.33 Å². The monoisotopic (exact) mass is 346 g/mol. The second-order valence-corrected chi connectivity index (χ2v) is 12.7. The van der Waals surface area contributed by atoms with Crippen molar-refractivity contribution in [3.05, 3.63) is 28.6 Å². The third kappa shape index (κ3) is 3.62. The number of nitrogens with one attached hydrogen (secondary N) is 2. The molecule has 0 bridgehead atoms. The molecule has 0 aromatic carbocycles. The molecule has 0 saturated heterocycles. The highest BCUT2D eigenvalue weighted by Crippen LogP contribution is 2.18. The Morgan fingerprint density at radius 1 is 1.33 bits per heavy atom. The van der Waals surface area contributed by atoms with E-state index in [1.54, 1.807) is 4.68 Å². The minimum Gasteiger partial charge on any atom is -0.360 e. The van der Waals surface area contributed by atoms with Crippen molar-refractivity contribution in [1.29, 1.82) is 0 Å². The van der Waals surface area contributed by atoms with Gasteiger partial charge in [-0.15, -0.1) is 0 Å². The predicted octanol–water partition coefficient (Wildman–Crippen LogP) is 2.13. The summed E-state index contributed by atoms with van der Waals surface area (Å²) in [6, 6.07) is 1.12. The minimum atomic E-state index is -1.09. The predicted molar refractivity (Wildman–Crippen MR) is 94.6 cm³/mol. The van der Waals surface area contributed by atoms with Gasteiger partial charge in [0.2, 0.25) is 0 Å². The fraction of sp³-hybridized carbons (Fsp3) is 0.467. The highest BCUT2D eigenvalue weighted by Gasteiger charge is 2.14. The number of rotatable bonds is 6. The summed E-state index contributed by atoms with van der Waals surface area (Å²) < 4.78 is 7.43. The smallest absolute Gasteiger partial charge is 0.277 e. The Morgan fingerprint density at radius 2 is 2.12 bits per heavy atom. The molecule has 3 heterocycles. The molecule has 2 N–H and O–H groups in total. The number of aromatic nitrogens is 6. The van der Waals surface area contributed by atoms with Gasteiger partial charge in [-0.05, 0) is 13.0 Å². The quantitative estimate of drug-likeness (QED) is 0.526. The molecule has 3 rings (SSSR count). The summed E-state index contributed by atoms with van der Waals surface area (Å²) in [5.41, 5.74) is 2.07. The lowest BCUT2D eigenvalue weighted by Gasteiger charge is -2.15. The van der Waals surface area contributed by atoms with Crippen molar-refractivity contribution in [1.82, 2.24) is 29.7 Å². The minimum absolute atomic E-state index is 0.244. The maximum atomic E-state index is 12.0. The van der Waals surface area contributed by atoms with Crippen LogP contribution in [0.2, 0.25) is 25.7 Å². The van der Waals surface area contributed by atoms with Crippen LogP contribution in [-0.2, 0) is 11.5 Å². The van der Waals surface area contributed by atoms with Crippen LogP contribution < -0.4 is 5.56 Å². The van der Waals surface area contributed by atoms with E-state index in [-0.39, 0.29) is 5.56 Å². The van der Waals surface area contributed by atoms with Gasteiger partial charge in [0.1, 0.15) is 12.6 Å². The van der Waals surface area contributed by atoms with Crippen molar-refractivity contribution in [2.75, 3.05) is 6.61 Å². The largest absolute Gasteiger partial charge is 0.360 e. The van der Waals surface area contributed by atoms with Crippen LogP contribution in [-0.4, -0.2) is 44.4 Å². The van der Waals surface area contributed by atoms with E-state index < -0.39 is 8.07 Å². The number of imidazole rings is 1. The normalized spacial score (nSPS) is 12.2. The van der Waals surface area contributed by atoms with Crippen LogP contribution in [0.1, 0.15) is 5.69 Å². The van der Waals surface area contributed by atoms with Gasteiger partial charge < -0.3 is 14.7 Å². The average Bonchev–Trinajstić information content (AvgIpc) is 3.09. The van der Waals surface area contributed by atoms with Crippen molar-refractivity contribution < 1.29 is 4.74 Å². The van der Waals surface area contributed by atoms with Crippen LogP contribution in [0.3, 0.4) is 0 Å². The molecule has 24 heavy (non-hydrogen) atoms. The zero-order chi connectivity index (χ0) is 17.3. The summed E-state index contributed by atoms with van der Waals surface area (Å²) in [5, 5.41) is 4.43. The maximum absolute atomic E-state index is 12.0. The second kappa shape index (κ2) is 6.33. The summed E-state index contributed by atoms with van der Waals surface area (Å²) in [6.07, 6.45) is 3.29. The summed E-state index contributed by atoms with van der Waals surface area (Å²) >= 11 is 0. The summed E-state index contributed by atoms with van der Waals surface area (Å²) in [5.74, 6) is 0.463. The van der Waals surface area contributed by atoms with E-state index in [0.717, 1.165) is 23.9 Å². The number of nitrogens with zero attached hydrogens (tertiary/aromatic N) is 4. The van der Waals surface area contributed by atoms with Crippen LogP contribution in [0.15, 0.2) is 17.3 Å². The number of aromatic amines is 2. The van der Waals surface area contributed by atoms with Crippen molar-refractivity contribution in [3.8, 4) is 11.4 Å². The lowest BCUT2D eigenvalue weighted by molar-refractivity contribution is 0.0784. The molecule has 3 aromatic heterocycles. The van der Waals surface area contributed by atoms with Crippen molar-refractivity contribution >= 4 is 19.2 Å². The Bertz CT molecular complexity index is 905. The molecular weight excluding hydrogens is 324 g/mol. The van der Waals surface area contributed by atoms with E-state index in [0.29, 0.717) is 23.7 Å². The molecule has 9 heteroatoms. The first kappa shape index (κ1) is 16.6. The highest BCUT2D eigenvalue weighted by atomic mass is 28.3. The Morgan fingerprint density at radius 3 is 2.88 bits per heavy atom. The first-order chi connectivity index (χ1) is 11.3. The summed E-state index contributed by atoms with van der Waals surface area (Å²) in [7, 11) is -1.09. The van der Waals surface area contributed by atoms with E-state index in [4.69, 9.17) is 4.74 Å². The third-order valence-electron chi connectivity index (χ3n) is 3.72. The molecule has 0 fully saturated rings. The van der Waals surface area contributed by atoms with Crippen LogP contribution in [0.5, 0.6) is 0 Å². The van der Waals surface area contributed by atoms with E-state index >= 15 is 0 Å². The maximum Gasteiger partial charge on any atom is 0.277 e. The van der Waals surface area contributed by atoms with E-state index in [2.05, 4.69) is 44.7 Å². The van der Waals surface area contributed by atoms with Crippen molar-refractivity contribution in [2.24, 2.45) is 0 Å². The van der Waals surface area contributed by atoms with Gasteiger partial charge in [0, 0.05) is 20.9 Å². The van der Waals surface area contributed by atoms with Gasteiger partial charge in [0.25, 0.3) is 5.56 Å². The van der Waals surface area contributed by atoms with Crippen molar-refractivity contribution in [2.45, 2.75) is 39.3 Å². The second-order valence-electron chi connectivity index (χ2n) is 7.03. The summed E-state index contributed by atoms with van der Waals surface area (Å²) in [4.78, 5) is 26.0. The third-order valence-corrected chi connectivity index (χ3v) is 5.42. The standard InChI is InChI=1S/C15H22N6O2Si/c1-10-11(7-21(20-10)9-23-5-6-24(2,3)4)13-18-14-12(15(22)19-13)16-8-17-14/h7-8H,5-6,9H2,1-4H3,(H2,16,17,18,19,22). The number of fused-ring (bicyclic) bond motifs is 1. The Hall–Kier alpha value is -2.26. The van der Waals surface area contributed by atoms with Crippen LogP contribution in [0.4, 0.5) is 0 Å². The van der Waals surface area contributed by atoms with Crippen LogP contribution >= 0.6 is 0 Å². The molecule has 0 unspecified atom stereocenters. The lowest BCUT2D eigenvalue weighted by Crippen LogP contribution is -2.22. The van der Waals surface area contributed by atoms with Crippen LogP contribution in [0, 0.1) is 6.92 Å². The Balaban J connectivity index is 1.77. The van der Waals surface area contributed by atoms with Crippen molar-refractivity contribution in [3.63, 3.8) is 0 Å². The fourth-order valence-corrected chi connectivity index (χ4v) is 3.08. The first-order valence-corrected chi connectivity index (χ1v) is 11.6. The Labute approximate surface area is 140 Å².